The van der Waals surface area contributed by atoms with Crippen molar-refractivity contribution in [1.29, 1.82) is 0 Å². The van der Waals surface area contributed by atoms with Crippen molar-refractivity contribution >= 4 is 26.5 Å². The van der Waals surface area contributed by atoms with Crippen molar-refractivity contribution < 1.29 is 18.3 Å². The van der Waals surface area contributed by atoms with Gasteiger partial charge in [-0.15, -0.1) is 8.78 Å². The van der Waals surface area contributed by atoms with E-state index in [1.54, 1.807) is 0 Å². The quantitative estimate of drug-likeness (QED) is 0.554. The van der Waals surface area contributed by atoms with Crippen LogP contribution in [0.1, 0.15) is 41.5 Å². The molecule has 1 aromatic carbocycles. The molecule has 6 heteroatoms. The van der Waals surface area contributed by atoms with Gasteiger partial charge in [-0.1, -0.05) is 89.9 Å². The fourth-order valence-corrected chi connectivity index (χ4v) is 12.0. The van der Waals surface area contributed by atoms with Gasteiger partial charge in [0.1, 0.15) is 0 Å². The van der Waals surface area contributed by atoms with Gasteiger partial charge in [0.15, 0.2) is 11.5 Å². The molecule has 0 atom stereocenters. The number of benzene rings is 1. The van der Waals surface area contributed by atoms with E-state index in [-0.39, 0.29) is 0 Å². The average molecular weight is 387 g/mol. The van der Waals surface area contributed by atoms with E-state index in [9.17, 15) is 8.78 Å². The molecular formula is C19H32F2O2Si2. The van der Waals surface area contributed by atoms with E-state index >= 15 is 0 Å². The number of halogens is 2. The van der Waals surface area contributed by atoms with Crippen LogP contribution in [-0.4, -0.2) is 22.4 Å². The van der Waals surface area contributed by atoms with E-state index in [0.29, 0.717) is 11.5 Å². The van der Waals surface area contributed by atoms with Crippen LogP contribution in [0.15, 0.2) is 12.1 Å². The third kappa shape index (κ3) is 3.27. The van der Waals surface area contributed by atoms with E-state index in [0.717, 1.165) is 46.6 Å². The summed E-state index contributed by atoms with van der Waals surface area (Å²) in [5.41, 5.74) is 0. The molecule has 1 aliphatic heterocycles. The van der Waals surface area contributed by atoms with Gasteiger partial charge < -0.3 is 9.47 Å². The lowest BCUT2D eigenvalue weighted by Crippen LogP contribution is -2.49. The predicted octanol–water partition coefficient (Wildman–Crippen LogP) is 5.44. The Kier molecular flexibility index (Phi) is 6.04. The summed E-state index contributed by atoms with van der Waals surface area (Å²) in [4.78, 5) is 0. The maximum absolute atomic E-state index is 14.1. The fourth-order valence-electron chi connectivity index (χ4n) is 4.50. The Balaban J connectivity index is 2.73. The monoisotopic (exact) mass is 386 g/mol. The molecular weight excluding hydrogens is 354 g/mol. The summed E-state index contributed by atoms with van der Waals surface area (Å²) in [5, 5.41) is 2.03. The molecule has 142 valence electrons. The van der Waals surface area contributed by atoms with Crippen molar-refractivity contribution in [2.45, 2.75) is 84.1 Å². The molecule has 0 aliphatic carbocycles. The summed E-state index contributed by atoms with van der Waals surface area (Å²) in [7, 11) is -3.70. The number of hydrogen-bond donors (Lipinski definition) is 0. The fraction of sp³-hybridized carbons (Fsp3) is 0.684. The van der Waals surface area contributed by atoms with Gasteiger partial charge in [0.25, 0.3) is 0 Å². The normalized spacial score (nSPS) is 16.3. The first-order valence-electron chi connectivity index (χ1n) is 9.72. The van der Waals surface area contributed by atoms with Gasteiger partial charge in [-0.05, 0) is 10.4 Å². The van der Waals surface area contributed by atoms with Gasteiger partial charge >= 0.3 is 6.29 Å². The minimum Gasteiger partial charge on any atom is -0.395 e. The van der Waals surface area contributed by atoms with E-state index in [2.05, 4.69) is 53.7 Å². The van der Waals surface area contributed by atoms with E-state index in [1.165, 1.54) is 0 Å². The molecule has 0 spiro atoms. The van der Waals surface area contributed by atoms with Crippen molar-refractivity contribution in [1.82, 2.24) is 0 Å². The second-order valence-electron chi connectivity index (χ2n) is 7.17. The minimum atomic E-state index is -3.54. The lowest BCUT2D eigenvalue weighted by Gasteiger charge is -2.33. The van der Waals surface area contributed by atoms with Crippen LogP contribution in [0.5, 0.6) is 11.5 Å². The summed E-state index contributed by atoms with van der Waals surface area (Å²) < 4.78 is 38.4. The SMILES string of the molecule is CC[Si](CC)(CC)c1ccc([Si](CC)(CC)CC)c2c1OC(F)(F)O2. The Morgan fingerprint density at radius 1 is 0.680 bits per heavy atom. The third-order valence-corrected chi connectivity index (χ3v) is 18.0. The van der Waals surface area contributed by atoms with Gasteiger partial charge in [-0.2, -0.15) is 0 Å². The summed E-state index contributed by atoms with van der Waals surface area (Å²) in [6.07, 6.45) is -3.54. The van der Waals surface area contributed by atoms with Gasteiger partial charge in [0.05, 0.1) is 16.1 Å². The number of rotatable bonds is 8. The first kappa shape index (κ1) is 20.4. The molecule has 0 N–H and O–H groups in total. The molecule has 0 amide bonds. The molecule has 1 aromatic rings. The molecule has 0 saturated heterocycles. The van der Waals surface area contributed by atoms with Gasteiger partial charge in [0.2, 0.25) is 0 Å². The van der Waals surface area contributed by atoms with Gasteiger partial charge in [-0.25, -0.2) is 0 Å². The van der Waals surface area contributed by atoms with Crippen LogP contribution in [0.3, 0.4) is 0 Å². The van der Waals surface area contributed by atoms with Crippen LogP contribution in [-0.2, 0) is 0 Å². The zero-order valence-corrected chi connectivity index (χ0v) is 18.5. The lowest BCUT2D eigenvalue weighted by atomic mass is 10.3. The zero-order chi connectivity index (χ0) is 18.9. The number of hydrogen-bond acceptors (Lipinski definition) is 2. The molecule has 0 unspecified atom stereocenters. The first-order chi connectivity index (χ1) is 11.8. The van der Waals surface area contributed by atoms with Crippen LogP contribution in [0.2, 0.25) is 36.3 Å². The van der Waals surface area contributed by atoms with Crippen molar-refractivity contribution in [3.8, 4) is 11.5 Å². The van der Waals surface area contributed by atoms with Crippen LogP contribution in [0, 0.1) is 0 Å². The Morgan fingerprint density at radius 2 is 0.960 bits per heavy atom. The molecule has 25 heavy (non-hydrogen) atoms. The first-order valence-corrected chi connectivity index (χ1v) is 15.0. The molecule has 1 aliphatic rings. The highest BCUT2D eigenvalue weighted by Crippen LogP contribution is 2.43. The Morgan fingerprint density at radius 3 is 1.20 bits per heavy atom. The Hall–Kier alpha value is -0.886. The highest BCUT2D eigenvalue weighted by molar-refractivity contribution is 6.94. The summed E-state index contributed by atoms with van der Waals surface area (Å²) in [6, 6.07) is 10.4. The second-order valence-corrected chi connectivity index (χ2v) is 17.6. The van der Waals surface area contributed by atoms with Crippen LogP contribution >= 0.6 is 0 Å². The van der Waals surface area contributed by atoms with E-state index in [4.69, 9.17) is 9.47 Å². The van der Waals surface area contributed by atoms with E-state index in [1.807, 2.05) is 0 Å². The molecule has 0 bridgehead atoms. The third-order valence-electron chi connectivity index (χ3n) is 6.76. The van der Waals surface area contributed by atoms with Crippen LogP contribution < -0.4 is 19.8 Å². The predicted molar refractivity (Wildman–Crippen MR) is 106 cm³/mol. The van der Waals surface area contributed by atoms with Crippen LogP contribution in [0.4, 0.5) is 8.78 Å². The maximum atomic E-state index is 14.1. The van der Waals surface area contributed by atoms with Crippen molar-refractivity contribution in [3.63, 3.8) is 0 Å². The van der Waals surface area contributed by atoms with Gasteiger partial charge in [-0.3, -0.25) is 0 Å². The largest absolute Gasteiger partial charge is 0.586 e. The number of alkyl halides is 2. The van der Waals surface area contributed by atoms with Crippen molar-refractivity contribution in [3.05, 3.63) is 12.1 Å². The molecule has 2 rings (SSSR count). The summed E-state index contributed by atoms with van der Waals surface area (Å²) in [6.45, 7) is 13.1. The van der Waals surface area contributed by atoms with Crippen LogP contribution in [0.25, 0.3) is 0 Å². The Labute approximate surface area is 152 Å². The average Bonchev–Trinajstić information content (AvgIpc) is 2.94. The molecule has 0 fully saturated rings. The topological polar surface area (TPSA) is 18.5 Å². The lowest BCUT2D eigenvalue weighted by molar-refractivity contribution is -0.286. The number of ether oxygens (including phenoxy) is 2. The van der Waals surface area contributed by atoms with Gasteiger partial charge in [0, 0.05) is 0 Å². The Bertz CT molecular complexity index is 544. The molecule has 0 radical (unpaired) electrons. The van der Waals surface area contributed by atoms with Crippen molar-refractivity contribution in [2.75, 3.05) is 0 Å². The van der Waals surface area contributed by atoms with E-state index < -0.39 is 22.4 Å². The minimum absolute atomic E-state index is 0.354. The highest BCUT2D eigenvalue weighted by atomic mass is 28.3. The standard InChI is InChI=1S/C19H32F2O2Si2/c1-7-24(8-2,9-3)15-13-14-16(25(10-4,11-5)12-6)18-17(15)22-19(20,21)23-18/h13-14H,7-12H2,1-6H3. The smallest absolute Gasteiger partial charge is 0.395 e. The second kappa shape index (κ2) is 7.39. The zero-order valence-electron chi connectivity index (χ0n) is 16.5. The highest BCUT2D eigenvalue weighted by Gasteiger charge is 2.50. The number of fused-ring (bicyclic) bond motifs is 1. The van der Waals surface area contributed by atoms with Crippen molar-refractivity contribution in [2.24, 2.45) is 0 Å². The summed E-state index contributed by atoms with van der Waals surface area (Å²) >= 11 is 0. The molecule has 2 nitrogen and oxygen atoms in total. The molecule has 0 aromatic heterocycles. The molecule has 1 heterocycles. The maximum Gasteiger partial charge on any atom is 0.586 e. The molecule has 0 saturated carbocycles. The summed E-state index contributed by atoms with van der Waals surface area (Å²) in [5.74, 6) is 0.707.